The zero-order valence-corrected chi connectivity index (χ0v) is 9.93. The maximum atomic E-state index is 2.21. The smallest absolute Gasteiger partial charge is 0.00268 e. The normalized spacial score (nSPS) is 11.3. The van der Waals surface area contributed by atoms with Gasteiger partial charge in [-0.1, -0.05) is 72.8 Å². The third-order valence-corrected chi connectivity index (χ3v) is 3.63. The van der Waals surface area contributed by atoms with Crippen molar-refractivity contribution in [3.05, 3.63) is 72.8 Å². The van der Waals surface area contributed by atoms with Crippen LogP contribution in [0.1, 0.15) is 0 Å². The molecule has 0 N–H and O–H groups in total. The van der Waals surface area contributed by atoms with Crippen LogP contribution < -0.4 is 0 Å². The first-order valence-corrected chi connectivity index (χ1v) is 6.23. The Bertz CT molecular complexity index is 793. The Kier molecular flexibility index (Phi) is 1.92. The molecule has 0 amide bonds. The van der Waals surface area contributed by atoms with Crippen molar-refractivity contribution in [2.24, 2.45) is 0 Å². The Morgan fingerprint density at radius 2 is 1.22 bits per heavy atom. The SMILES string of the molecule is c1ccc(-c2cccc3c4ccc(cc4)c23)cc1. The van der Waals surface area contributed by atoms with E-state index in [4.69, 9.17) is 0 Å². The van der Waals surface area contributed by atoms with Crippen molar-refractivity contribution in [2.75, 3.05) is 0 Å². The van der Waals surface area contributed by atoms with E-state index in [1.807, 2.05) is 0 Å². The molecule has 0 spiro atoms. The van der Waals surface area contributed by atoms with Gasteiger partial charge in [-0.2, -0.15) is 0 Å². The average Bonchev–Trinajstić information content (AvgIpc) is 2.49. The molecule has 0 heterocycles. The van der Waals surface area contributed by atoms with Gasteiger partial charge in [0.15, 0.2) is 0 Å². The zero-order chi connectivity index (χ0) is 11.9. The monoisotopic (exact) mass is 228 g/mol. The molecule has 0 aliphatic carbocycles. The van der Waals surface area contributed by atoms with Crippen LogP contribution in [0.5, 0.6) is 0 Å². The first-order valence-electron chi connectivity index (χ1n) is 6.23. The number of hydrogen-bond donors (Lipinski definition) is 0. The van der Waals surface area contributed by atoms with Crippen LogP contribution in [0.15, 0.2) is 72.8 Å². The lowest BCUT2D eigenvalue weighted by atomic mass is 9.92. The summed E-state index contributed by atoms with van der Waals surface area (Å²) in [6, 6.07) is 26.0. The summed E-state index contributed by atoms with van der Waals surface area (Å²) in [5.74, 6) is 0. The summed E-state index contributed by atoms with van der Waals surface area (Å²) in [7, 11) is 0. The molecule has 5 aromatic carbocycles. The largest absolute Gasteiger partial charge is 0.0622 e. The van der Waals surface area contributed by atoms with Crippen LogP contribution in [0.2, 0.25) is 0 Å². The molecule has 0 saturated carbocycles. The van der Waals surface area contributed by atoms with Crippen molar-refractivity contribution in [1.82, 2.24) is 0 Å². The third kappa shape index (κ3) is 1.26. The fourth-order valence-corrected chi connectivity index (χ4v) is 2.78. The summed E-state index contributed by atoms with van der Waals surface area (Å²) in [6.45, 7) is 0. The van der Waals surface area contributed by atoms with Crippen molar-refractivity contribution < 1.29 is 0 Å². The molecule has 0 atom stereocenters. The van der Waals surface area contributed by atoms with Gasteiger partial charge in [0.1, 0.15) is 0 Å². The van der Waals surface area contributed by atoms with E-state index in [2.05, 4.69) is 72.8 Å². The van der Waals surface area contributed by atoms with Crippen LogP contribution in [-0.4, -0.2) is 0 Å². The third-order valence-electron chi connectivity index (χ3n) is 3.63. The second-order valence-corrected chi connectivity index (χ2v) is 4.67. The summed E-state index contributed by atoms with van der Waals surface area (Å²) in [4.78, 5) is 0. The molecule has 0 saturated heterocycles. The lowest BCUT2D eigenvalue weighted by molar-refractivity contribution is 1.66. The molecule has 0 radical (unpaired) electrons. The summed E-state index contributed by atoms with van der Waals surface area (Å²) in [5.41, 5.74) is 2.62. The first kappa shape index (κ1) is 9.67. The van der Waals surface area contributed by atoms with Crippen molar-refractivity contribution in [3.8, 4) is 11.1 Å². The topological polar surface area (TPSA) is 0 Å². The molecule has 2 bridgehead atoms. The lowest BCUT2D eigenvalue weighted by Crippen LogP contribution is -1.85. The zero-order valence-electron chi connectivity index (χ0n) is 9.93. The van der Waals surface area contributed by atoms with E-state index in [1.165, 1.54) is 32.7 Å². The van der Waals surface area contributed by atoms with Crippen LogP contribution in [-0.2, 0) is 0 Å². The molecule has 0 aliphatic rings. The van der Waals surface area contributed by atoms with Crippen molar-refractivity contribution >= 4 is 21.5 Å². The van der Waals surface area contributed by atoms with Gasteiger partial charge in [0.05, 0.1) is 0 Å². The first-order chi connectivity index (χ1) is 8.93. The maximum Gasteiger partial charge on any atom is -0.00268 e. The molecule has 0 aromatic heterocycles. The Balaban J connectivity index is 2.18. The average molecular weight is 228 g/mol. The second-order valence-electron chi connectivity index (χ2n) is 4.67. The van der Waals surface area contributed by atoms with Gasteiger partial charge in [-0.3, -0.25) is 0 Å². The van der Waals surface area contributed by atoms with Crippen LogP contribution in [0.3, 0.4) is 0 Å². The van der Waals surface area contributed by atoms with E-state index >= 15 is 0 Å². The Hall–Kier alpha value is -2.34. The Morgan fingerprint density at radius 3 is 2.00 bits per heavy atom. The van der Waals surface area contributed by atoms with E-state index in [1.54, 1.807) is 0 Å². The van der Waals surface area contributed by atoms with Crippen LogP contribution in [0.25, 0.3) is 32.7 Å². The number of fused-ring (bicyclic) bond motifs is 2. The Labute approximate surface area is 106 Å². The predicted octanol–water partition coefficient (Wildman–Crippen LogP) is 5.10. The van der Waals surface area contributed by atoms with Crippen molar-refractivity contribution in [1.29, 1.82) is 0 Å². The highest BCUT2D eigenvalue weighted by atomic mass is 14.1. The van der Waals surface area contributed by atoms with Gasteiger partial charge < -0.3 is 0 Å². The van der Waals surface area contributed by atoms with Gasteiger partial charge >= 0.3 is 0 Å². The van der Waals surface area contributed by atoms with E-state index in [0.717, 1.165) is 0 Å². The molecule has 0 heteroatoms. The lowest BCUT2D eigenvalue weighted by Gasteiger charge is -2.11. The van der Waals surface area contributed by atoms with Crippen molar-refractivity contribution in [2.45, 2.75) is 0 Å². The fourth-order valence-electron chi connectivity index (χ4n) is 2.78. The maximum absolute atomic E-state index is 2.21. The second kappa shape index (κ2) is 3.58. The molecule has 0 nitrogen and oxygen atoms in total. The van der Waals surface area contributed by atoms with Gasteiger partial charge in [0.2, 0.25) is 0 Å². The summed E-state index contributed by atoms with van der Waals surface area (Å²) < 4.78 is 0. The van der Waals surface area contributed by atoms with E-state index < -0.39 is 0 Å². The summed E-state index contributed by atoms with van der Waals surface area (Å²) in [5, 5.41) is 5.37. The minimum Gasteiger partial charge on any atom is -0.0622 e. The van der Waals surface area contributed by atoms with Crippen LogP contribution >= 0.6 is 0 Å². The quantitative estimate of drug-likeness (QED) is 0.425. The number of hydrogen-bond acceptors (Lipinski definition) is 0. The van der Waals surface area contributed by atoms with Gasteiger partial charge in [-0.25, -0.2) is 0 Å². The van der Waals surface area contributed by atoms with Crippen molar-refractivity contribution in [3.63, 3.8) is 0 Å². The van der Waals surface area contributed by atoms with Gasteiger partial charge in [0, 0.05) is 0 Å². The molecule has 5 aromatic rings. The molecule has 0 fully saturated rings. The standard InChI is InChI=1S/C18H12/c1-2-5-13(6-3-1)16-7-4-8-17-14-9-11-15(12-10-14)18(16)17/h1-12H. The molecule has 0 unspecified atom stereocenters. The highest BCUT2D eigenvalue weighted by molar-refractivity contribution is 6.15. The van der Waals surface area contributed by atoms with Gasteiger partial charge in [0.25, 0.3) is 0 Å². The van der Waals surface area contributed by atoms with E-state index in [9.17, 15) is 0 Å². The highest BCUT2D eigenvalue weighted by Crippen LogP contribution is 2.35. The summed E-state index contributed by atoms with van der Waals surface area (Å²) in [6.07, 6.45) is 0. The number of rotatable bonds is 1. The molecular weight excluding hydrogens is 216 g/mol. The fraction of sp³-hybridized carbons (Fsp3) is 0. The van der Waals surface area contributed by atoms with Crippen LogP contribution in [0.4, 0.5) is 0 Å². The molecule has 0 aliphatic heterocycles. The molecular formula is C18H12. The van der Waals surface area contributed by atoms with Gasteiger partial charge in [-0.15, -0.1) is 0 Å². The van der Waals surface area contributed by atoms with E-state index in [0.29, 0.717) is 0 Å². The predicted molar refractivity (Wildman–Crippen MR) is 78.1 cm³/mol. The minimum absolute atomic E-state index is 1.29. The Morgan fingerprint density at radius 1 is 0.500 bits per heavy atom. The minimum atomic E-state index is 1.29. The van der Waals surface area contributed by atoms with E-state index in [-0.39, 0.29) is 0 Å². The highest BCUT2D eigenvalue weighted by Gasteiger charge is 2.08. The van der Waals surface area contributed by atoms with Crippen LogP contribution in [0, 0.1) is 0 Å². The number of benzene rings is 5. The van der Waals surface area contributed by atoms with Gasteiger partial charge in [-0.05, 0) is 32.7 Å². The molecule has 84 valence electrons. The molecule has 5 rings (SSSR count). The summed E-state index contributed by atoms with van der Waals surface area (Å²) >= 11 is 0. The molecule has 18 heavy (non-hydrogen) atoms.